The molecule has 0 amide bonds. The number of ether oxygens (including phenoxy) is 1. The Bertz CT molecular complexity index is 652. The largest absolute Gasteiger partial charge is 0.496 e. The molecule has 2 aromatic rings. The molecule has 0 radical (unpaired) electrons. The average molecular weight is 293 g/mol. The number of methoxy groups -OCH3 is 1. The van der Waals surface area contributed by atoms with Gasteiger partial charge in [0, 0.05) is 18.7 Å². The number of hydrogen-bond acceptors (Lipinski definition) is 2. The molecule has 1 fully saturated rings. The normalized spacial score (nSPS) is 23.9. The monoisotopic (exact) mass is 293 g/mol. The third-order valence-electron chi connectivity index (χ3n) is 5.30. The lowest BCUT2D eigenvalue weighted by molar-refractivity contribution is 0.154. The van der Waals surface area contributed by atoms with Gasteiger partial charge in [-0.15, -0.1) is 0 Å². The van der Waals surface area contributed by atoms with Crippen LogP contribution >= 0.6 is 0 Å². The fourth-order valence-corrected chi connectivity index (χ4v) is 4.33. The number of hydrogen-bond donors (Lipinski definition) is 0. The van der Waals surface area contributed by atoms with Crippen LogP contribution in [0.4, 0.5) is 0 Å². The molecular weight excluding hydrogens is 270 g/mol. The standard InChI is InChI=1S/C20H23NO/c1-22-19-9-5-8-16-12-17-14-21(11-10-18(17)20(16)19)13-15-6-3-2-4-7-15/h2-9,17-18H,10-14H2,1H3/t17-,18+/m1/s1. The molecule has 1 heterocycles. The van der Waals surface area contributed by atoms with E-state index < -0.39 is 0 Å². The zero-order chi connectivity index (χ0) is 14.9. The second-order valence-corrected chi connectivity index (χ2v) is 6.61. The molecule has 0 aromatic heterocycles. The van der Waals surface area contributed by atoms with Gasteiger partial charge in [0.25, 0.3) is 0 Å². The number of benzene rings is 2. The minimum Gasteiger partial charge on any atom is -0.496 e. The van der Waals surface area contributed by atoms with E-state index in [1.165, 1.54) is 42.6 Å². The van der Waals surface area contributed by atoms with Crippen molar-refractivity contribution in [2.24, 2.45) is 5.92 Å². The van der Waals surface area contributed by atoms with E-state index in [1.54, 1.807) is 7.11 Å². The summed E-state index contributed by atoms with van der Waals surface area (Å²) in [5.74, 6) is 2.54. The van der Waals surface area contributed by atoms with E-state index in [2.05, 4.69) is 53.4 Å². The first-order valence-corrected chi connectivity index (χ1v) is 8.27. The second kappa shape index (κ2) is 5.77. The topological polar surface area (TPSA) is 12.5 Å². The van der Waals surface area contributed by atoms with Gasteiger partial charge in [-0.3, -0.25) is 4.90 Å². The van der Waals surface area contributed by atoms with E-state index in [-0.39, 0.29) is 0 Å². The summed E-state index contributed by atoms with van der Waals surface area (Å²) in [4.78, 5) is 2.62. The van der Waals surface area contributed by atoms with Gasteiger partial charge >= 0.3 is 0 Å². The van der Waals surface area contributed by atoms with Gasteiger partial charge in [-0.2, -0.15) is 0 Å². The average Bonchev–Trinajstić information content (AvgIpc) is 2.93. The van der Waals surface area contributed by atoms with Gasteiger partial charge in [-0.1, -0.05) is 42.5 Å². The number of nitrogens with zero attached hydrogens (tertiary/aromatic N) is 1. The van der Waals surface area contributed by atoms with Crippen LogP contribution in [-0.2, 0) is 13.0 Å². The molecule has 4 rings (SSSR count). The Hall–Kier alpha value is -1.80. The van der Waals surface area contributed by atoms with Gasteiger partial charge in [0.15, 0.2) is 0 Å². The summed E-state index contributed by atoms with van der Waals surface area (Å²) in [6.07, 6.45) is 2.47. The Morgan fingerprint density at radius 2 is 1.95 bits per heavy atom. The lowest BCUT2D eigenvalue weighted by atomic mass is 9.85. The van der Waals surface area contributed by atoms with Crippen molar-refractivity contribution in [2.75, 3.05) is 20.2 Å². The zero-order valence-electron chi connectivity index (χ0n) is 13.2. The fraction of sp³-hybridized carbons (Fsp3) is 0.400. The van der Waals surface area contributed by atoms with Gasteiger partial charge in [-0.25, -0.2) is 0 Å². The molecule has 2 aromatic carbocycles. The first-order valence-electron chi connectivity index (χ1n) is 8.27. The quantitative estimate of drug-likeness (QED) is 0.852. The summed E-state index contributed by atoms with van der Waals surface area (Å²) < 4.78 is 5.61. The Morgan fingerprint density at radius 1 is 1.09 bits per heavy atom. The van der Waals surface area contributed by atoms with Crippen LogP contribution < -0.4 is 4.74 Å². The van der Waals surface area contributed by atoms with Crippen LogP contribution in [0.2, 0.25) is 0 Å². The molecule has 2 aliphatic rings. The molecule has 1 aliphatic carbocycles. The van der Waals surface area contributed by atoms with Crippen molar-refractivity contribution >= 4 is 0 Å². The number of rotatable bonds is 3. The number of piperidine rings is 1. The number of likely N-dealkylation sites (tertiary alicyclic amines) is 1. The molecule has 1 aliphatic heterocycles. The van der Waals surface area contributed by atoms with Crippen molar-refractivity contribution in [2.45, 2.75) is 25.3 Å². The van der Waals surface area contributed by atoms with Gasteiger partial charge in [-0.05, 0) is 48.4 Å². The third-order valence-corrected chi connectivity index (χ3v) is 5.30. The summed E-state index contributed by atoms with van der Waals surface area (Å²) >= 11 is 0. The van der Waals surface area contributed by atoms with Gasteiger partial charge < -0.3 is 4.74 Å². The lowest BCUT2D eigenvalue weighted by Gasteiger charge is -2.35. The van der Waals surface area contributed by atoms with Crippen LogP contribution in [0.15, 0.2) is 48.5 Å². The van der Waals surface area contributed by atoms with Crippen molar-refractivity contribution in [3.63, 3.8) is 0 Å². The molecule has 0 unspecified atom stereocenters. The van der Waals surface area contributed by atoms with Crippen LogP contribution in [0.25, 0.3) is 0 Å². The van der Waals surface area contributed by atoms with Crippen molar-refractivity contribution in [1.82, 2.24) is 4.90 Å². The predicted octanol–water partition coefficient (Wildman–Crippen LogP) is 3.86. The molecule has 2 nitrogen and oxygen atoms in total. The summed E-state index contributed by atoms with van der Waals surface area (Å²) in [7, 11) is 1.80. The predicted molar refractivity (Wildman–Crippen MR) is 89.3 cm³/mol. The Balaban J connectivity index is 1.50. The molecule has 22 heavy (non-hydrogen) atoms. The van der Waals surface area contributed by atoms with Crippen LogP contribution in [0.5, 0.6) is 5.75 Å². The second-order valence-electron chi connectivity index (χ2n) is 6.61. The number of fused-ring (bicyclic) bond motifs is 3. The van der Waals surface area contributed by atoms with Crippen LogP contribution in [0, 0.1) is 5.92 Å². The van der Waals surface area contributed by atoms with Crippen molar-refractivity contribution < 1.29 is 4.74 Å². The summed E-state index contributed by atoms with van der Waals surface area (Å²) in [5.41, 5.74) is 4.43. The third kappa shape index (κ3) is 2.42. The molecule has 0 bridgehead atoms. The van der Waals surface area contributed by atoms with Gasteiger partial charge in [0.2, 0.25) is 0 Å². The summed E-state index contributed by atoms with van der Waals surface area (Å²) in [5, 5.41) is 0. The molecular formula is C20H23NO. The lowest BCUT2D eigenvalue weighted by Crippen LogP contribution is -2.37. The van der Waals surface area contributed by atoms with Gasteiger partial charge in [0.1, 0.15) is 5.75 Å². The van der Waals surface area contributed by atoms with E-state index in [9.17, 15) is 0 Å². The van der Waals surface area contributed by atoms with Crippen LogP contribution in [-0.4, -0.2) is 25.1 Å². The van der Waals surface area contributed by atoms with E-state index in [0.717, 1.165) is 18.2 Å². The highest BCUT2D eigenvalue weighted by molar-refractivity contribution is 5.47. The molecule has 1 saturated heterocycles. The zero-order valence-corrected chi connectivity index (χ0v) is 13.2. The molecule has 114 valence electrons. The smallest absolute Gasteiger partial charge is 0.122 e. The first kappa shape index (κ1) is 13.8. The SMILES string of the molecule is COc1cccc2c1[C@H]1CCN(Cc3ccccc3)C[C@H]1C2. The molecule has 0 N–H and O–H groups in total. The minimum atomic E-state index is 0.693. The Morgan fingerprint density at radius 3 is 2.77 bits per heavy atom. The molecule has 0 saturated carbocycles. The summed E-state index contributed by atoms with van der Waals surface area (Å²) in [6, 6.07) is 17.4. The van der Waals surface area contributed by atoms with Crippen molar-refractivity contribution in [3.8, 4) is 5.75 Å². The molecule has 2 atom stereocenters. The Labute approximate surface area is 132 Å². The maximum absolute atomic E-state index is 5.61. The first-order chi connectivity index (χ1) is 10.8. The highest BCUT2D eigenvalue weighted by Gasteiger charge is 2.38. The molecule has 0 spiro atoms. The Kier molecular flexibility index (Phi) is 3.63. The maximum atomic E-state index is 5.61. The highest BCUT2D eigenvalue weighted by atomic mass is 16.5. The van der Waals surface area contributed by atoms with E-state index in [0.29, 0.717) is 5.92 Å². The highest BCUT2D eigenvalue weighted by Crippen LogP contribution is 2.47. The van der Waals surface area contributed by atoms with Crippen LogP contribution in [0.1, 0.15) is 29.0 Å². The van der Waals surface area contributed by atoms with Crippen LogP contribution in [0.3, 0.4) is 0 Å². The maximum Gasteiger partial charge on any atom is 0.122 e. The van der Waals surface area contributed by atoms with Gasteiger partial charge in [0.05, 0.1) is 7.11 Å². The van der Waals surface area contributed by atoms with E-state index in [1.807, 2.05) is 0 Å². The fourth-order valence-electron chi connectivity index (χ4n) is 4.33. The van der Waals surface area contributed by atoms with Crippen molar-refractivity contribution in [1.29, 1.82) is 0 Å². The molecule has 2 heteroatoms. The minimum absolute atomic E-state index is 0.693. The van der Waals surface area contributed by atoms with E-state index in [4.69, 9.17) is 4.74 Å². The van der Waals surface area contributed by atoms with E-state index >= 15 is 0 Å². The van der Waals surface area contributed by atoms with Crippen molar-refractivity contribution in [3.05, 3.63) is 65.2 Å². The summed E-state index contributed by atoms with van der Waals surface area (Å²) in [6.45, 7) is 3.47.